The maximum Gasteiger partial charge on any atom is 0.183 e. The second-order valence-corrected chi connectivity index (χ2v) is 6.03. The minimum absolute atomic E-state index is 0.526. The minimum Gasteiger partial charge on any atom is -0.380 e. The fourth-order valence-corrected chi connectivity index (χ4v) is 2.95. The van der Waals surface area contributed by atoms with E-state index in [0.29, 0.717) is 16.2 Å². The molecule has 3 rings (SSSR count). The van der Waals surface area contributed by atoms with Crippen molar-refractivity contribution in [2.24, 2.45) is 0 Å². The minimum atomic E-state index is 0.526. The van der Waals surface area contributed by atoms with Crippen molar-refractivity contribution in [3.05, 3.63) is 51.2 Å². The van der Waals surface area contributed by atoms with Crippen molar-refractivity contribution in [2.45, 2.75) is 6.54 Å². The highest BCUT2D eigenvalue weighted by Crippen LogP contribution is 2.25. The Bertz CT molecular complexity index is 727. The van der Waals surface area contributed by atoms with Crippen molar-refractivity contribution in [1.82, 2.24) is 9.97 Å². The van der Waals surface area contributed by atoms with Crippen LogP contribution in [0.4, 0.5) is 5.69 Å². The van der Waals surface area contributed by atoms with Gasteiger partial charge in [-0.2, -0.15) is 0 Å². The summed E-state index contributed by atoms with van der Waals surface area (Å²) in [4.78, 5) is 9.16. The van der Waals surface area contributed by atoms with Crippen LogP contribution in [-0.2, 0) is 6.54 Å². The van der Waals surface area contributed by atoms with Gasteiger partial charge in [0, 0.05) is 28.3 Å². The van der Waals surface area contributed by atoms with Gasteiger partial charge in [-0.15, -0.1) is 11.3 Å². The number of pyridine rings is 1. The van der Waals surface area contributed by atoms with Crippen molar-refractivity contribution in [2.75, 3.05) is 5.32 Å². The van der Waals surface area contributed by atoms with Crippen molar-refractivity contribution >= 4 is 51.0 Å². The summed E-state index contributed by atoms with van der Waals surface area (Å²) < 4.78 is 0.563. The summed E-state index contributed by atoms with van der Waals surface area (Å²) in [5.74, 6) is 0. The third-order valence-corrected chi connectivity index (χ3v) is 4.12. The van der Waals surface area contributed by atoms with Crippen molar-refractivity contribution in [3.8, 4) is 0 Å². The second-order valence-electron chi connectivity index (χ2n) is 3.97. The van der Waals surface area contributed by atoms with E-state index in [-0.39, 0.29) is 0 Å². The molecule has 0 aliphatic carbocycles. The van der Waals surface area contributed by atoms with Gasteiger partial charge in [0.05, 0.1) is 6.54 Å². The molecule has 2 heterocycles. The molecule has 96 valence electrons. The largest absolute Gasteiger partial charge is 0.380 e. The van der Waals surface area contributed by atoms with Crippen LogP contribution in [-0.4, -0.2) is 9.97 Å². The number of nitrogens with zero attached hydrogens (tertiary/aromatic N) is 2. The molecule has 19 heavy (non-hydrogen) atoms. The molecule has 0 aliphatic rings. The van der Waals surface area contributed by atoms with E-state index in [4.69, 9.17) is 23.2 Å². The number of aromatic nitrogens is 2. The lowest BCUT2D eigenvalue weighted by molar-refractivity contribution is 1.18. The normalized spacial score (nSPS) is 10.8. The molecule has 1 aromatic carbocycles. The Kier molecular flexibility index (Phi) is 3.55. The summed E-state index contributed by atoms with van der Waals surface area (Å²) in [6.07, 6.45) is 3.49. The number of anilines is 1. The Balaban J connectivity index is 1.82. The molecular weight excluding hydrogens is 301 g/mol. The van der Waals surface area contributed by atoms with Crippen LogP contribution < -0.4 is 5.32 Å². The third kappa shape index (κ3) is 2.81. The number of hydrogen-bond donors (Lipinski definition) is 1. The molecule has 0 saturated carbocycles. The highest BCUT2D eigenvalue weighted by atomic mass is 35.5. The van der Waals surface area contributed by atoms with Crippen LogP contribution in [0.25, 0.3) is 10.8 Å². The fraction of sp³-hybridized carbons (Fsp3) is 0.0769. The number of benzene rings is 1. The molecule has 0 atom stereocenters. The summed E-state index contributed by atoms with van der Waals surface area (Å²) in [5.41, 5.74) is 1.03. The van der Waals surface area contributed by atoms with E-state index in [1.54, 1.807) is 12.4 Å². The first-order chi connectivity index (χ1) is 9.22. The van der Waals surface area contributed by atoms with Crippen LogP contribution in [0.2, 0.25) is 9.62 Å². The summed E-state index contributed by atoms with van der Waals surface area (Å²) >= 11 is 13.3. The van der Waals surface area contributed by atoms with Crippen LogP contribution in [0.15, 0.2) is 36.7 Å². The van der Waals surface area contributed by atoms with Gasteiger partial charge in [0.1, 0.15) is 5.15 Å². The molecule has 0 unspecified atom stereocenters. The van der Waals surface area contributed by atoms with E-state index in [1.165, 1.54) is 11.3 Å². The highest BCUT2D eigenvalue weighted by molar-refractivity contribution is 7.15. The Morgan fingerprint density at radius 1 is 1.16 bits per heavy atom. The standard InChI is InChI=1S/C13H9Cl2N3S/c14-12-11-2-1-9(5-8(11)3-4-16-12)17-6-10-7-18-13(15)19-10/h1-5,7,17H,6H2. The summed E-state index contributed by atoms with van der Waals surface area (Å²) in [5, 5.41) is 5.88. The first-order valence-electron chi connectivity index (χ1n) is 5.61. The van der Waals surface area contributed by atoms with E-state index >= 15 is 0 Å². The molecule has 0 bridgehead atoms. The van der Waals surface area contributed by atoms with Crippen LogP contribution in [0.1, 0.15) is 4.88 Å². The zero-order valence-corrected chi connectivity index (χ0v) is 12.1. The summed E-state index contributed by atoms with van der Waals surface area (Å²) in [7, 11) is 0. The molecule has 6 heteroatoms. The first-order valence-corrected chi connectivity index (χ1v) is 7.18. The molecule has 2 aromatic heterocycles. The average molecular weight is 310 g/mol. The van der Waals surface area contributed by atoms with Gasteiger partial charge in [-0.1, -0.05) is 23.2 Å². The molecule has 0 spiro atoms. The van der Waals surface area contributed by atoms with E-state index in [2.05, 4.69) is 15.3 Å². The van der Waals surface area contributed by atoms with Gasteiger partial charge < -0.3 is 5.32 Å². The van der Waals surface area contributed by atoms with Crippen molar-refractivity contribution < 1.29 is 0 Å². The van der Waals surface area contributed by atoms with E-state index in [9.17, 15) is 0 Å². The van der Waals surface area contributed by atoms with Gasteiger partial charge in [-0.05, 0) is 29.7 Å². The van der Waals surface area contributed by atoms with Gasteiger partial charge in [0.15, 0.2) is 4.47 Å². The van der Waals surface area contributed by atoms with E-state index < -0.39 is 0 Å². The Hall–Kier alpha value is -1.36. The quantitative estimate of drug-likeness (QED) is 0.718. The van der Waals surface area contributed by atoms with Gasteiger partial charge in [0.2, 0.25) is 0 Å². The molecule has 0 fully saturated rings. The number of halogens is 2. The lowest BCUT2D eigenvalue weighted by Gasteiger charge is -2.06. The maximum atomic E-state index is 6.03. The number of thiazole rings is 1. The second kappa shape index (κ2) is 5.33. The van der Waals surface area contributed by atoms with Gasteiger partial charge in [-0.3, -0.25) is 0 Å². The average Bonchev–Trinajstić information content (AvgIpc) is 2.82. The highest BCUT2D eigenvalue weighted by Gasteiger charge is 2.02. The zero-order valence-electron chi connectivity index (χ0n) is 9.73. The van der Waals surface area contributed by atoms with Crippen LogP contribution in [0.5, 0.6) is 0 Å². The van der Waals surface area contributed by atoms with Gasteiger partial charge >= 0.3 is 0 Å². The molecule has 3 nitrogen and oxygen atoms in total. The predicted molar refractivity (Wildman–Crippen MR) is 81.2 cm³/mol. The predicted octanol–water partition coefficient (Wildman–Crippen LogP) is 4.61. The third-order valence-electron chi connectivity index (χ3n) is 2.71. The van der Waals surface area contributed by atoms with E-state index in [0.717, 1.165) is 21.3 Å². The summed E-state index contributed by atoms with van der Waals surface area (Å²) in [6.45, 7) is 0.703. The van der Waals surface area contributed by atoms with Crippen LogP contribution in [0.3, 0.4) is 0 Å². The molecule has 0 aliphatic heterocycles. The molecule has 0 saturated heterocycles. The zero-order chi connectivity index (χ0) is 13.2. The smallest absolute Gasteiger partial charge is 0.183 e. The van der Waals surface area contributed by atoms with Crippen LogP contribution >= 0.6 is 34.5 Å². The number of rotatable bonds is 3. The molecule has 3 aromatic rings. The lowest BCUT2D eigenvalue weighted by Crippen LogP contribution is -1.97. The van der Waals surface area contributed by atoms with Gasteiger partial charge in [-0.25, -0.2) is 9.97 Å². The molecule has 0 radical (unpaired) electrons. The number of fused-ring (bicyclic) bond motifs is 1. The fourth-order valence-electron chi connectivity index (χ4n) is 1.81. The van der Waals surface area contributed by atoms with Crippen molar-refractivity contribution in [1.29, 1.82) is 0 Å². The van der Waals surface area contributed by atoms with Crippen molar-refractivity contribution in [3.63, 3.8) is 0 Å². The topological polar surface area (TPSA) is 37.8 Å². The molecular formula is C13H9Cl2N3S. The Morgan fingerprint density at radius 3 is 2.84 bits per heavy atom. The SMILES string of the molecule is Clc1ncc(CNc2ccc3c(Cl)nccc3c2)s1. The molecule has 0 amide bonds. The first kappa shape index (κ1) is 12.7. The maximum absolute atomic E-state index is 6.03. The van der Waals surface area contributed by atoms with Gasteiger partial charge in [0.25, 0.3) is 0 Å². The van der Waals surface area contributed by atoms with Crippen LogP contribution in [0, 0.1) is 0 Å². The molecule has 1 N–H and O–H groups in total. The number of hydrogen-bond acceptors (Lipinski definition) is 4. The lowest BCUT2D eigenvalue weighted by atomic mass is 10.1. The monoisotopic (exact) mass is 309 g/mol. The van der Waals surface area contributed by atoms with E-state index in [1.807, 2.05) is 24.3 Å². The number of nitrogens with one attached hydrogen (secondary N) is 1. The Morgan fingerprint density at radius 2 is 2.05 bits per heavy atom. The Labute approximate surface area is 124 Å². The summed E-state index contributed by atoms with van der Waals surface area (Å²) in [6, 6.07) is 7.94.